The average Bonchev–Trinajstić information content (AvgIpc) is 2.52. The van der Waals surface area contributed by atoms with Crippen molar-refractivity contribution < 1.29 is 16.8 Å². The normalized spacial score (nSPS) is 24.7. The molecule has 8 heteroatoms. The molecule has 0 aliphatic carbocycles. The number of hydrogen-bond acceptors (Lipinski definition) is 4. The summed E-state index contributed by atoms with van der Waals surface area (Å²) < 4.78 is 48.0. The van der Waals surface area contributed by atoms with Gasteiger partial charge < -0.3 is 0 Å². The molecule has 1 aliphatic heterocycles. The average molecular weight is 290 g/mol. The van der Waals surface area contributed by atoms with Gasteiger partial charge >= 0.3 is 0 Å². The Morgan fingerprint density at radius 3 is 2.56 bits per heavy atom. The second kappa shape index (κ2) is 5.66. The fourth-order valence-electron chi connectivity index (χ4n) is 1.62. The molecule has 0 saturated carbocycles. The summed E-state index contributed by atoms with van der Waals surface area (Å²) >= 11 is 5.39. The first-order chi connectivity index (χ1) is 7.37. The van der Waals surface area contributed by atoms with Crippen LogP contribution in [0.3, 0.4) is 0 Å². The van der Waals surface area contributed by atoms with Gasteiger partial charge in [-0.25, -0.2) is 21.6 Å². The minimum Gasteiger partial charge on any atom is -0.229 e. The Hall–Kier alpha value is 0.150. The van der Waals surface area contributed by atoms with Gasteiger partial charge in [0.05, 0.1) is 16.8 Å². The molecule has 0 spiro atoms. The molecular weight excluding hydrogens is 274 g/mol. The van der Waals surface area contributed by atoms with Crippen LogP contribution < -0.4 is 4.72 Å². The number of sulfonamides is 1. The van der Waals surface area contributed by atoms with Gasteiger partial charge in [0.2, 0.25) is 10.0 Å². The van der Waals surface area contributed by atoms with Crippen molar-refractivity contribution in [1.82, 2.24) is 4.72 Å². The smallest absolute Gasteiger partial charge is 0.211 e. The lowest BCUT2D eigenvalue weighted by atomic mass is 10.2. The molecule has 0 bridgehead atoms. The lowest BCUT2D eigenvalue weighted by Gasteiger charge is -2.10. The molecule has 1 saturated heterocycles. The first-order valence-electron chi connectivity index (χ1n) is 5.12. The Bertz CT molecular complexity index is 417. The predicted molar refractivity (Wildman–Crippen MR) is 63.9 cm³/mol. The molecule has 0 aromatic rings. The van der Waals surface area contributed by atoms with Crippen LogP contribution >= 0.6 is 11.6 Å². The van der Waals surface area contributed by atoms with E-state index < -0.39 is 25.1 Å². The molecule has 1 unspecified atom stereocenters. The fraction of sp³-hybridized carbons (Fsp3) is 1.00. The van der Waals surface area contributed by atoms with Crippen molar-refractivity contribution >= 4 is 31.5 Å². The summed E-state index contributed by atoms with van der Waals surface area (Å²) in [5.41, 5.74) is 0. The van der Waals surface area contributed by atoms with Gasteiger partial charge in [0.25, 0.3) is 0 Å². The van der Waals surface area contributed by atoms with Gasteiger partial charge in [0, 0.05) is 12.4 Å². The van der Waals surface area contributed by atoms with Crippen LogP contribution in [0.2, 0.25) is 0 Å². The zero-order valence-corrected chi connectivity index (χ0v) is 11.2. The van der Waals surface area contributed by atoms with Crippen molar-refractivity contribution in [1.29, 1.82) is 0 Å². The summed E-state index contributed by atoms with van der Waals surface area (Å²) in [6, 6.07) is 0. The minimum atomic E-state index is -3.38. The molecule has 1 heterocycles. The molecule has 1 N–H and O–H groups in total. The Balaban J connectivity index is 2.46. The van der Waals surface area contributed by atoms with Crippen LogP contribution in [0.4, 0.5) is 0 Å². The Morgan fingerprint density at radius 1 is 1.38 bits per heavy atom. The highest BCUT2D eigenvalue weighted by Gasteiger charge is 2.31. The largest absolute Gasteiger partial charge is 0.229 e. The van der Waals surface area contributed by atoms with Gasteiger partial charge in [-0.05, 0) is 19.3 Å². The van der Waals surface area contributed by atoms with Crippen LogP contribution in [0.1, 0.15) is 19.3 Å². The highest BCUT2D eigenvalue weighted by atomic mass is 35.5. The second-order valence-corrected chi connectivity index (χ2v) is 8.55. The highest BCUT2D eigenvalue weighted by molar-refractivity contribution is 7.92. The lowest BCUT2D eigenvalue weighted by molar-refractivity contribution is 0.570. The molecule has 96 valence electrons. The first-order valence-corrected chi connectivity index (χ1v) is 9.02. The molecule has 5 nitrogen and oxygen atoms in total. The SMILES string of the molecule is O=S(=O)(CCCCl)NCC1CCCS1(=O)=O. The molecule has 0 aromatic heterocycles. The van der Waals surface area contributed by atoms with E-state index in [-0.39, 0.29) is 23.9 Å². The van der Waals surface area contributed by atoms with Crippen molar-refractivity contribution in [2.24, 2.45) is 0 Å². The Labute approximate surface area is 102 Å². The molecule has 0 aromatic carbocycles. The third-order valence-electron chi connectivity index (χ3n) is 2.54. The van der Waals surface area contributed by atoms with Gasteiger partial charge in [-0.1, -0.05) is 0 Å². The topological polar surface area (TPSA) is 80.3 Å². The summed E-state index contributed by atoms with van der Waals surface area (Å²) in [6.07, 6.45) is 1.53. The van der Waals surface area contributed by atoms with E-state index in [4.69, 9.17) is 11.6 Å². The van der Waals surface area contributed by atoms with E-state index in [1.54, 1.807) is 0 Å². The molecule has 1 rings (SSSR count). The van der Waals surface area contributed by atoms with Crippen molar-refractivity contribution in [2.45, 2.75) is 24.5 Å². The van der Waals surface area contributed by atoms with Gasteiger partial charge in [-0.15, -0.1) is 11.6 Å². The second-order valence-electron chi connectivity index (χ2n) is 3.84. The maximum Gasteiger partial charge on any atom is 0.211 e. The van der Waals surface area contributed by atoms with Crippen LogP contribution in [0.5, 0.6) is 0 Å². The number of halogens is 1. The zero-order chi connectivity index (χ0) is 12.2. The number of sulfone groups is 1. The Kier molecular flexibility index (Phi) is 5.03. The van der Waals surface area contributed by atoms with E-state index in [1.165, 1.54) is 0 Å². The quantitative estimate of drug-likeness (QED) is 0.704. The number of nitrogens with one attached hydrogen (secondary N) is 1. The predicted octanol–water partition coefficient (Wildman–Crippen LogP) is 0.112. The summed E-state index contributed by atoms with van der Waals surface area (Å²) in [7, 11) is -6.46. The van der Waals surface area contributed by atoms with Crippen LogP contribution in [0, 0.1) is 0 Å². The summed E-state index contributed by atoms with van der Waals surface area (Å²) in [5, 5.41) is -0.557. The Morgan fingerprint density at radius 2 is 2.06 bits per heavy atom. The van der Waals surface area contributed by atoms with Gasteiger partial charge in [0.1, 0.15) is 0 Å². The number of rotatable bonds is 6. The molecule has 0 amide bonds. The van der Waals surface area contributed by atoms with E-state index in [1.807, 2.05) is 0 Å². The third kappa shape index (κ3) is 4.20. The van der Waals surface area contributed by atoms with Gasteiger partial charge in [-0.3, -0.25) is 0 Å². The van der Waals surface area contributed by atoms with E-state index in [0.717, 1.165) is 0 Å². The first kappa shape index (κ1) is 14.2. The summed E-state index contributed by atoms with van der Waals surface area (Å²) in [6.45, 7) is -0.00699. The highest BCUT2D eigenvalue weighted by Crippen LogP contribution is 2.19. The minimum absolute atomic E-state index is 0.00699. The van der Waals surface area contributed by atoms with Crippen LogP contribution in [0.15, 0.2) is 0 Å². The molecule has 0 radical (unpaired) electrons. The molecule has 1 fully saturated rings. The van der Waals surface area contributed by atoms with E-state index >= 15 is 0 Å². The maximum absolute atomic E-state index is 11.4. The van der Waals surface area contributed by atoms with Crippen LogP contribution in [-0.4, -0.2) is 46.0 Å². The maximum atomic E-state index is 11.4. The standard InChI is InChI=1S/C8H16ClNO4S2/c9-4-2-6-16(13,14)10-7-8-3-1-5-15(8,11)12/h8,10H,1-7H2. The third-order valence-corrected chi connectivity index (χ3v) is 6.52. The van der Waals surface area contributed by atoms with Crippen LogP contribution in [-0.2, 0) is 19.9 Å². The molecule has 1 aliphatic rings. The summed E-state index contributed by atoms with van der Waals surface area (Å²) in [5.74, 6) is 0.396. The van der Waals surface area contributed by atoms with Gasteiger partial charge in [-0.2, -0.15) is 0 Å². The molecular formula is C8H16ClNO4S2. The monoisotopic (exact) mass is 289 g/mol. The lowest BCUT2D eigenvalue weighted by Crippen LogP contribution is -2.35. The van der Waals surface area contributed by atoms with Crippen LogP contribution in [0.25, 0.3) is 0 Å². The van der Waals surface area contributed by atoms with Crippen molar-refractivity contribution in [3.8, 4) is 0 Å². The van der Waals surface area contributed by atoms with E-state index in [0.29, 0.717) is 19.3 Å². The van der Waals surface area contributed by atoms with E-state index in [2.05, 4.69) is 4.72 Å². The van der Waals surface area contributed by atoms with Crippen molar-refractivity contribution in [3.63, 3.8) is 0 Å². The van der Waals surface area contributed by atoms with E-state index in [9.17, 15) is 16.8 Å². The zero-order valence-electron chi connectivity index (χ0n) is 8.85. The molecule has 1 atom stereocenters. The van der Waals surface area contributed by atoms with Crippen molar-refractivity contribution in [2.75, 3.05) is 23.9 Å². The summed E-state index contributed by atoms with van der Waals surface area (Å²) in [4.78, 5) is 0. The number of hydrogen-bond donors (Lipinski definition) is 1. The number of alkyl halides is 1. The van der Waals surface area contributed by atoms with Gasteiger partial charge in [0.15, 0.2) is 9.84 Å². The van der Waals surface area contributed by atoms with Crippen molar-refractivity contribution in [3.05, 3.63) is 0 Å². The fourth-order valence-corrected chi connectivity index (χ4v) is 4.91. The molecule has 16 heavy (non-hydrogen) atoms.